The van der Waals surface area contributed by atoms with E-state index in [1.807, 2.05) is 83.0 Å². The largest absolute Gasteiger partial charge is 0.497 e. The molecule has 0 spiro atoms. The molecule has 0 unspecified atom stereocenters. The Kier molecular flexibility index (Phi) is 9.33. The standard InChI is InChI=1S/C27H41N3O4/c1-26(2,3)25(32)29(15-16-33-7)20-24(31)30(27(4,5)6)19-22-12-10-14-28(22)18-21-11-9-13-23(17-21)34-8/h9-14,17H,15-16,18-20H2,1-8H3. The topological polar surface area (TPSA) is 64.0 Å². The van der Waals surface area contributed by atoms with Crippen LogP contribution >= 0.6 is 0 Å². The first kappa shape index (κ1) is 27.4. The third-order valence-corrected chi connectivity index (χ3v) is 5.66. The van der Waals surface area contributed by atoms with Gasteiger partial charge in [0.1, 0.15) is 5.75 Å². The second-order valence-electron chi connectivity index (χ2n) is 10.6. The lowest BCUT2D eigenvalue weighted by Crippen LogP contribution is -2.52. The maximum Gasteiger partial charge on any atom is 0.242 e. The van der Waals surface area contributed by atoms with Gasteiger partial charge in [0.15, 0.2) is 0 Å². The minimum absolute atomic E-state index is 0.0212. The van der Waals surface area contributed by atoms with Crippen molar-refractivity contribution in [2.45, 2.75) is 60.2 Å². The number of benzene rings is 1. The Morgan fingerprint density at radius 3 is 2.29 bits per heavy atom. The van der Waals surface area contributed by atoms with Gasteiger partial charge in [0.25, 0.3) is 0 Å². The van der Waals surface area contributed by atoms with E-state index in [0.717, 1.165) is 17.0 Å². The number of hydrogen-bond donors (Lipinski definition) is 0. The summed E-state index contributed by atoms with van der Waals surface area (Å²) in [6, 6.07) is 12.0. The number of amides is 2. The van der Waals surface area contributed by atoms with Gasteiger partial charge in [-0.2, -0.15) is 0 Å². The van der Waals surface area contributed by atoms with E-state index in [4.69, 9.17) is 9.47 Å². The monoisotopic (exact) mass is 471 g/mol. The summed E-state index contributed by atoms with van der Waals surface area (Å²) in [6.45, 7) is 13.6. The van der Waals surface area contributed by atoms with E-state index < -0.39 is 11.0 Å². The molecule has 2 aromatic rings. The molecule has 0 atom stereocenters. The van der Waals surface area contributed by atoms with Crippen LogP contribution in [0.4, 0.5) is 0 Å². The number of ether oxygens (including phenoxy) is 2. The van der Waals surface area contributed by atoms with Crippen molar-refractivity contribution in [2.75, 3.05) is 33.9 Å². The Bertz CT molecular complexity index is 953. The lowest BCUT2D eigenvalue weighted by atomic mass is 9.94. The second kappa shape index (κ2) is 11.6. The zero-order valence-corrected chi connectivity index (χ0v) is 22.1. The molecule has 0 N–H and O–H groups in total. The summed E-state index contributed by atoms with van der Waals surface area (Å²) in [6.07, 6.45) is 2.02. The van der Waals surface area contributed by atoms with Crippen molar-refractivity contribution in [3.8, 4) is 5.75 Å². The third kappa shape index (κ3) is 7.62. The summed E-state index contributed by atoms with van der Waals surface area (Å²) in [4.78, 5) is 30.0. The van der Waals surface area contributed by atoms with Crippen molar-refractivity contribution in [3.05, 3.63) is 53.9 Å². The van der Waals surface area contributed by atoms with Crippen LogP contribution in [0.1, 0.15) is 52.8 Å². The number of carbonyl (C=O) groups excluding carboxylic acids is 2. The minimum Gasteiger partial charge on any atom is -0.497 e. The zero-order chi connectivity index (χ0) is 25.5. The number of aromatic nitrogens is 1. The molecular weight excluding hydrogens is 430 g/mol. The smallest absolute Gasteiger partial charge is 0.242 e. The number of nitrogens with zero attached hydrogens (tertiary/aromatic N) is 3. The number of carbonyl (C=O) groups is 2. The van der Waals surface area contributed by atoms with Crippen molar-refractivity contribution < 1.29 is 19.1 Å². The van der Waals surface area contributed by atoms with Crippen molar-refractivity contribution in [2.24, 2.45) is 5.41 Å². The predicted molar refractivity (Wildman–Crippen MR) is 135 cm³/mol. The van der Waals surface area contributed by atoms with Gasteiger partial charge in [0.2, 0.25) is 11.8 Å². The summed E-state index contributed by atoms with van der Waals surface area (Å²) >= 11 is 0. The molecule has 0 aliphatic carbocycles. The van der Waals surface area contributed by atoms with Crippen LogP contribution in [0.15, 0.2) is 42.6 Å². The van der Waals surface area contributed by atoms with Gasteiger partial charge in [-0.1, -0.05) is 32.9 Å². The first-order valence-electron chi connectivity index (χ1n) is 11.7. The van der Waals surface area contributed by atoms with Gasteiger partial charge >= 0.3 is 0 Å². The molecule has 1 aromatic carbocycles. The van der Waals surface area contributed by atoms with Crippen LogP contribution in [0.2, 0.25) is 0 Å². The van der Waals surface area contributed by atoms with Gasteiger partial charge < -0.3 is 23.8 Å². The maximum absolute atomic E-state index is 13.5. The zero-order valence-electron chi connectivity index (χ0n) is 22.1. The van der Waals surface area contributed by atoms with Crippen molar-refractivity contribution in [3.63, 3.8) is 0 Å². The molecule has 0 saturated carbocycles. The lowest BCUT2D eigenvalue weighted by Gasteiger charge is -2.38. The predicted octanol–water partition coefficient (Wildman–Crippen LogP) is 4.19. The molecule has 7 heteroatoms. The summed E-state index contributed by atoms with van der Waals surface area (Å²) in [5, 5.41) is 0. The molecule has 0 fully saturated rings. The van der Waals surface area contributed by atoms with Gasteiger partial charge in [0, 0.05) is 43.0 Å². The van der Waals surface area contributed by atoms with Gasteiger partial charge in [-0.25, -0.2) is 0 Å². The molecule has 2 rings (SSSR count). The molecule has 1 aromatic heterocycles. The fraction of sp³-hybridized carbons (Fsp3) is 0.556. The molecule has 0 radical (unpaired) electrons. The van der Waals surface area contributed by atoms with Crippen LogP contribution in [-0.2, 0) is 27.4 Å². The molecule has 34 heavy (non-hydrogen) atoms. The molecule has 0 bridgehead atoms. The van der Waals surface area contributed by atoms with Crippen molar-refractivity contribution in [1.29, 1.82) is 0 Å². The van der Waals surface area contributed by atoms with Crippen LogP contribution in [-0.4, -0.2) is 65.6 Å². The van der Waals surface area contributed by atoms with E-state index >= 15 is 0 Å². The fourth-order valence-electron chi connectivity index (χ4n) is 3.75. The third-order valence-electron chi connectivity index (χ3n) is 5.66. The van der Waals surface area contributed by atoms with E-state index in [0.29, 0.717) is 26.2 Å². The van der Waals surface area contributed by atoms with Crippen LogP contribution in [0, 0.1) is 5.41 Å². The summed E-state index contributed by atoms with van der Waals surface area (Å²) in [7, 11) is 3.26. The quantitative estimate of drug-likeness (QED) is 0.521. The highest BCUT2D eigenvalue weighted by Crippen LogP contribution is 2.22. The molecule has 0 aliphatic heterocycles. The Hall–Kier alpha value is -2.80. The lowest BCUT2D eigenvalue weighted by molar-refractivity contribution is -0.148. The Labute approximate surface area is 204 Å². The molecule has 0 saturated heterocycles. The average molecular weight is 472 g/mol. The highest BCUT2D eigenvalue weighted by Gasteiger charge is 2.33. The van der Waals surface area contributed by atoms with Crippen LogP contribution < -0.4 is 4.74 Å². The number of rotatable bonds is 10. The van der Waals surface area contributed by atoms with E-state index in [-0.39, 0.29) is 18.4 Å². The maximum atomic E-state index is 13.5. The van der Waals surface area contributed by atoms with Crippen LogP contribution in [0.5, 0.6) is 5.75 Å². The molecule has 0 aliphatic rings. The highest BCUT2D eigenvalue weighted by molar-refractivity contribution is 5.87. The molecule has 7 nitrogen and oxygen atoms in total. The van der Waals surface area contributed by atoms with Gasteiger partial charge in [0.05, 0.1) is 26.8 Å². The first-order chi connectivity index (χ1) is 15.9. The molecular formula is C27H41N3O4. The Balaban J connectivity index is 2.24. The van der Waals surface area contributed by atoms with Gasteiger partial charge in [-0.05, 0) is 50.6 Å². The van der Waals surface area contributed by atoms with Gasteiger partial charge in [-0.3, -0.25) is 9.59 Å². The molecule has 188 valence electrons. The van der Waals surface area contributed by atoms with Crippen LogP contribution in [0.3, 0.4) is 0 Å². The number of hydrogen-bond acceptors (Lipinski definition) is 4. The van der Waals surface area contributed by atoms with E-state index in [9.17, 15) is 9.59 Å². The van der Waals surface area contributed by atoms with Crippen molar-refractivity contribution >= 4 is 11.8 Å². The summed E-state index contributed by atoms with van der Waals surface area (Å²) < 4.78 is 12.7. The normalized spacial score (nSPS) is 11.9. The SMILES string of the molecule is COCCN(CC(=O)N(Cc1cccn1Cc1cccc(OC)c1)C(C)(C)C)C(=O)C(C)(C)C. The second-order valence-corrected chi connectivity index (χ2v) is 10.6. The first-order valence-corrected chi connectivity index (χ1v) is 11.7. The Morgan fingerprint density at radius 1 is 1.00 bits per heavy atom. The van der Waals surface area contributed by atoms with Gasteiger partial charge in [-0.15, -0.1) is 0 Å². The van der Waals surface area contributed by atoms with E-state index in [1.165, 1.54) is 0 Å². The molecule has 2 amide bonds. The van der Waals surface area contributed by atoms with Crippen molar-refractivity contribution in [1.82, 2.24) is 14.4 Å². The van der Waals surface area contributed by atoms with E-state index in [1.54, 1.807) is 19.1 Å². The molecule has 1 heterocycles. The van der Waals surface area contributed by atoms with Crippen LogP contribution in [0.25, 0.3) is 0 Å². The van der Waals surface area contributed by atoms with E-state index in [2.05, 4.69) is 10.6 Å². The minimum atomic E-state index is -0.577. The fourth-order valence-corrected chi connectivity index (χ4v) is 3.75. The summed E-state index contributed by atoms with van der Waals surface area (Å²) in [5.74, 6) is 0.667. The highest BCUT2D eigenvalue weighted by atomic mass is 16.5. The Morgan fingerprint density at radius 2 is 1.71 bits per heavy atom. The summed E-state index contributed by atoms with van der Waals surface area (Å²) in [5.41, 5.74) is 1.15. The average Bonchev–Trinajstić information content (AvgIpc) is 3.19. The number of methoxy groups -OCH3 is 2.